The van der Waals surface area contributed by atoms with Gasteiger partial charge < -0.3 is 10.2 Å². The van der Waals surface area contributed by atoms with E-state index in [4.69, 9.17) is 11.6 Å². The molecule has 1 aromatic heterocycles. The molecule has 2 aliphatic rings. The van der Waals surface area contributed by atoms with Crippen molar-refractivity contribution in [3.8, 4) is 0 Å². The molecule has 6 heteroatoms. The number of piperidine rings is 1. The third-order valence-electron chi connectivity index (χ3n) is 5.78. The fraction of sp³-hybridized carbons (Fsp3) is 0.333. The van der Waals surface area contributed by atoms with E-state index in [9.17, 15) is 9.18 Å². The fourth-order valence-electron chi connectivity index (χ4n) is 4.57. The summed E-state index contributed by atoms with van der Waals surface area (Å²) in [6.07, 6.45) is 5.68. The standard InChI is InChI=1S/C21H21ClFN3O/c1-2-3-18-21(8-10-24-11-9-21)16-12-15(23)5-6-17(16)26(18)20(27)14-4-7-19(22)25-13-14/h2,4-7,12-13,18,24H,1,3,8-11H2/t18-/m1/s1. The third kappa shape index (κ3) is 2.95. The largest absolute Gasteiger partial charge is 0.317 e. The Hall–Kier alpha value is -2.24. The molecule has 1 N–H and O–H groups in total. The van der Waals surface area contributed by atoms with Gasteiger partial charge in [0.05, 0.1) is 11.6 Å². The number of nitrogens with one attached hydrogen (secondary N) is 1. The quantitative estimate of drug-likeness (QED) is 0.639. The average Bonchev–Trinajstić information content (AvgIpc) is 2.92. The van der Waals surface area contributed by atoms with Gasteiger partial charge in [-0.3, -0.25) is 4.79 Å². The third-order valence-corrected chi connectivity index (χ3v) is 6.01. The molecule has 1 amide bonds. The van der Waals surface area contributed by atoms with Crippen LogP contribution in [0.4, 0.5) is 10.1 Å². The monoisotopic (exact) mass is 385 g/mol. The van der Waals surface area contributed by atoms with E-state index in [1.54, 1.807) is 24.3 Å². The number of anilines is 1. The first-order chi connectivity index (χ1) is 13.1. The Kier molecular flexibility index (Phi) is 4.74. The van der Waals surface area contributed by atoms with Crippen LogP contribution in [0.2, 0.25) is 5.15 Å². The molecule has 1 spiro atoms. The molecule has 0 bridgehead atoms. The minimum absolute atomic E-state index is 0.0999. The van der Waals surface area contributed by atoms with Gasteiger partial charge in [0.25, 0.3) is 5.91 Å². The maximum atomic E-state index is 14.1. The van der Waals surface area contributed by atoms with E-state index >= 15 is 0 Å². The highest BCUT2D eigenvalue weighted by molar-refractivity contribution is 6.29. The molecule has 2 aromatic rings. The first kappa shape index (κ1) is 18.1. The molecular weight excluding hydrogens is 365 g/mol. The predicted molar refractivity (Wildman–Crippen MR) is 105 cm³/mol. The molecule has 0 saturated carbocycles. The van der Waals surface area contributed by atoms with Crippen molar-refractivity contribution in [2.24, 2.45) is 0 Å². The highest BCUT2D eigenvalue weighted by Gasteiger charge is 2.52. The molecule has 1 aromatic carbocycles. The van der Waals surface area contributed by atoms with Gasteiger partial charge in [0.15, 0.2) is 0 Å². The summed E-state index contributed by atoms with van der Waals surface area (Å²) < 4.78 is 14.1. The van der Waals surface area contributed by atoms with Crippen LogP contribution in [-0.4, -0.2) is 30.0 Å². The maximum Gasteiger partial charge on any atom is 0.260 e. The zero-order valence-corrected chi connectivity index (χ0v) is 15.7. The molecule has 1 atom stereocenters. The van der Waals surface area contributed by atoms with Crippen LogP contribution in [0.3, 0.4) is 0 Å². The summed E-state index contributed by atoms with van der Waals surface area (Å²) in [7, 11) is 0. The lowest BCUT2D eigenvalue weighted by Gasteiger charge is -2.41. The SMILES string of the molecule is C=CC[C@H]1N(C(=O)c2ccc(Cl)nc2)c2ccc(F)cc2C12CCNCC2. The lowest BCUT2D eigenvalue weighted by Crippen LogP contribution is -2.51. The molecule has 1 fully saturated rings. The molecular formula is C21H21ClFN3O. The number of hydrogen-bond donors (Lipinski definition) is 1. The summed E-state index contributed by atoms with van der Waals surface area (Å²) in [5.74, 6) is -0.416. The fourth-order valence-corrected chi connectivity index (χ4v) is 4.68. The van der Waals surface area contributed by atoms with E-state index in [0.717, 1.165) is 37.2 Å². The number of halogens is 2. The van der Waals surface area contributed by atoms with Crippen molar-refractivity contribution in [1.82, 2.24) is 10.3 Å². The maximum absolute atomic E-state index is 14.1. The van der Waals surface area contributed by atoms with Gasteiger partial charge >= 0.3 is 0 Å². The molecule has 0 unspecified atom stereocenters. The van der Waals surface area contributed by atoms with Crippen molar-refractivity contribution in [3.63, 3.8) is 0 Å². The second-order valence-electron chi connectivity index (χ2n) is 7.15. The Labute approximate surface area is 163 Å². The molecule has 4 rings (SSSR count). The molecule has 2 aliphatic heterocycles. The van der Waals surface area contributed by atoms with E-state index in [0.29, 0.717) is 17.1 Å². The Bertz CT molecular complexity index is 877. The summed E-state index contributed by atoms with van der Waals surface area (Å²) in [5, 5.41) is 3.72. The van der Waals surface area contributed by atoms with Crippen LogP contribution >= 0.6 is 11.6 Å². The van der Waals surface area contributed by atoms with Crippen molar-refractivity contribution in [2.75, 3.05) is 18.0 Å². The second-order valence-corrected chi connectivity index (χ2v) is 7.54. The number of aromatic nitrogens is 1. The number of nitrogens with zero attached hydrogens (tertiary/aromatic N) is 2. The molecule has 1 saturated heterocycles. The Balaban J connectivity index is 1.85. The van der Waals surface area contributed by atoms with Crippen LogP contribution in [-0.2, 0) is 5.41 Å². The summed E-state index contributed by atoms with van der Waals surface area (Å²) in [6, 6.07) is 7.93. The summed E-state index contributed by atoms with van der Waals surface area (Å²) in [4.78, 5) is 19.3. The second kappa shape index (κ2) is 7.06. The van der Waals surface area contributed by atoms with Crippen LogP contribution in [0, 0.1) is 5.82 Å². The van der Waals surface area contributed by atoms with Crippen LogP contribution in [0.1, 0.15) is 35.2 Å². The predicted octanol–water partition coefficient (Wildman–Crippen LogP) is 4.10. The average molecular weight is 386 g/mol. The number of amides is 1. The zero-order chi connectivity index (χ0) is 19.0. The van der Waals surface area contributed by atoms with Crippen molar-refractivity contribution in [3.05, 3.63) is 71.3 Å². The minimum Gasteiger partial charge on any atom is -0.317 e. The molecule has 140 valence electrons. The van der Waals surface area contributed by atoms with Gasteiger partial charge in [0, 0.05) is 17.3 Å². The van der Waals surface area contributed by atoms with Gasteiger partial charge in [-0.1, -0.05) is 17.7 Å². The van der Waals surface area contributed by atoms with E-state index in [1.807, 2.05) is 11.0 Å². The molecule has 0 radical (unpaired) electrons. The normalized spacial score (nSPS) is 20.5. The lowest BCUT2D eigenvalue weighted by atomic mass is 9.69. The molecule has 27 heavy (non-hydrogen) atoms. The number of carbonyl (C=O) groups is 1. The summed E-state index contributed by atoms with van der Waals surface area (Å²) in [5.41, 5.74) is 1.90. The first-order valence-electron chi connectivity index (χ1n) is 9.13. The van der Waals surface area contributed by atoms with Gasteiger partial charge in [-0.05, 0) is 68.2 Å². The number of pyridine rings is 1. The first-order valence-corrected chi connectivity index (χ1v) is 9.51. The van der Waals surface area contributed by atoms with Crippen LogP contribution in [0.25, 0.3) is 0 Å². The Morgan fingerprint density at radius 2 is 2.15 bits per heavy atom. The Morgan fingerprint density at radius 1 is 1.37 bits per heavy atom. The number of benzene rings is 1. The van der Waals surface area contributed by atoms with Gasteiger partial charge in [-0.15, -0.1) is 6.58 Å². The van der Waals surface area contributed by atoms with E-state index < -0.39 is 0 Å². The van der Waals surface area contributed by atoms with Crippen LogP contribution in [0.15, 0.2) is 49.2 Å². The summed E-state index contributed by atoms with van der Waals surface area (Å²) in [6.45, 7) is 5.59. The lowest BCUT2D eigenvalue weighted by molar-refractivity contribution is 0.0964. The van der Waals surface area contributed by atoms with Crippen LogP contribution in [0.5, 0.6) is 0 Å². The minimum atomic E-state index is -0.272. The molecule has 3 heterocycles. The van der Waals surface area contributed by atoms with E-state index in [2.05, 4.69) is 16.9 Å². The Morgan fingerprint density at radius 3 is 2.81 bits per heavy atom. The van der Waals surface area contributed by atoms with E-state index in [-0.39, 0.29) is 23.2 Å². The molecule has 0 aliphatic carbocycles. The van der Waals surface area contributed by atoms with Crippen molar-refractivity contribution in [2.45, 2.75) is 30.7 Å². The molecule has 4 nitrogen and oxygen atoms in total. The van der Waals surface area contributed by atoms with Crippen molar-refractivity contribution < 1.29 is 9.18 Å². The van der Waals surface area contributed by atoms with Crippen molar-refractivity contribution >= 4 is 23.2 Å². The number of rotatable bonds is 3. The zero-order valence-electron chi connectivity index (χ0n) is 14.9. The van der Waals surface area contributed by atoms with Crippen LogP contribution < -0.4 is 10.2 Å². The van der Waals surface area contributed by atoms with Crippen molar-refractivity contribution in [1.29, 1.82) is 0 Å². The number of carbonyl (C=O) groups excluding carboxylic acids is 1. The van der Waals surface area contributed by atoms with Gasteiger partial charge in [0.2, 0.25) is 0 Å². The highest BCUT2D eigenvalue weighted by Crippen LogP contribution is 2.52. The van der Waals surface area contributed by atoms with Gasteiger partial charge in [-0.2, -0.15) is 0 Å². The van der Waals surface area contributed by atoms with E-state index in [1.165, 1.54) is 12.3 Å². The van der Waals surface area contributed by atoms with Gasteiger partial charge in [-0.25, -0.2) is 9.37 Å². The van der Waals surface area contributed by atoms with Gasteiger partial charge in [0.1, 0.15) is 11.0 Å². The number of hydrogen-bond acceptors (Lipinski definition) is 3. The summed E-state index contributed by atoms with van der Waals surface area (Å²) >= 11 is 5.87. The highest BCUT2D eigenvalue weighted by atomic mass is 35.5. The smallest absolute Gasteiger partial charge is 0.260 e. The topological polar surface area (TPSA) is 45.2 Å². The number of fused-ring (bicyclic) bond motifs is 2.